The van der Waals surface area contributed by atoms with Gasteiger partial charge in [-0.15, -0.1) is 0 Å². The van der Waals surface area contributed by atoms with Gasteiger partial charge in [0, 0.05) is 29.6 Å². The Morgan fingerprint density at radius 3 is 3.00 bits per heavy atom. The van der Waals surface area contributed by atoms with E-state index >= 15 is 0 Å². The molecule has 0 aliphatic rings. The van der Waals surface area contributed by atoms with E-state index in [1.807, 2.05) is 18.3 Å². The maximum absolute atomic E-state index is 5.99. The summed E-state index contributed by atoms with van der Waals surface area (Å²) in [5.41, 5.74) is 3.15. The van der Waals surface area contributed by atoms with Crippen LogP contribution in [0.4, 0.5) is 5.69 Å². The molecule has 2 aromatic heterocycles. The van der Waals surface area contributed by atoms with Gasteiger partial charge in [-0.1, -0.05) is 11.6 Å². The van der Waals surface area contributed by atoms with Crippen LogP contribution in [0.5, 0.6) is 0 Å². The molecule has 0 fully saturated rings. The summed E-state index contributed by atoms with van der Waals surface area (Å²) in [7, 11) is 0. The fraction of sp³-hybridized carbons (Fsp3) is 0.167. The van der Waals surface area contributed by atoms with Crippen molar-refractivity contribution in [1.29, 1.82) is 0 Å². The van der Waals surface area contributed by atoms with Crippen molar-refractivity contribution in [2.45, 2.75) is 13.5 Å². The molecule has 88 valence electrons. The Hall–Kier alpha value is -1.13. The standard InChI is InChI=1S/C12H11BrClN3/c1-8-2-3-15-5-9(8)6-16-11-4-10(13)7-17-12(11)14/h2-5,7,16H,6H2,1H3. The molecule has 0 aromatic carbocycles. The Balaban J connectivity index is 2.12. The summed E-state index contributed by atoms with van der Waals surface area (Å²) in [6.45, 7) is 2.73. The Labute approximate surface area is 113 Å². The Bertz CT molecular complexity index is 531. The van der Waals surface area contributed by atoms with E-state index in [1.165, 1.54) is 5.56 Å². The van der Waals surface area contributed by atoms with Gasteiger partial charge in [0.15, 0.2) is 5.15 Å². The van der Waals surface area contributed by atoms with Gasteiger partial charge in [0.2, 0.25) is 0 Å². The zero-order valence-corrected chi connectivity index (χ0v) is 11.6. The third-order valence-electron chi connectivity index (χ3n) is 2.42. The molecule has 1 N–H and O–H groups in total. The van der Waals surface area contributed by atoms with Gasteiger partial charge in [-0.3, -0.25) is 4.98 Å². The first-order valence-corrected chi connectivity index (χ1v) is 6.28. The number of nitrogens with zero attached hydrogens (tertiary/aromatic N) is 2. The van der Waals surface area contributed by atoms with Crippen molar-refractivity contribution >= 4 is 33.2 Å². The molecule has 0 bridgehead atoms. The summed E-state index contributed by atoms with van der Waals surface area (Å²) in [6, 6.07) is 3.89. The molecule has 5 heteroatoms. The summed E-state index contributed by atoms with van der Waals surface area (Å²) in [4.78, 5) is 8.15. The van der Waals surface area contributed by atoms with Crippen molar-refractivity contribution in [3.05, 3.63) is 51.5 Å². The first kappa shape index (κ1) is 12.3. The first-order valence-electron chi connectivity index (χ1n) is 5.11. The van der Waals surface area contributed by atoms with E-state index in [2.05, 4.69) is 38.1 Å². The molecule has 0 aliphatic carbocycles. The largest absolute Gasteiger partial charge is 0.378 e. The molecule has 0 saturated heterocycles. The summed E-state index contributed by atoms with van der Waals surface area (Å²) in [5, 5.41) is 3.71. The van der Waals surface area contributed by atoms with Crippen LogP contribution in [0.25, 0.3) is 0 Å². The minimum atomic E-state index is 0.467. The molecule has 0 atom stereocenters. The number of anilines is 1. The molecule has 0 unspecified atom stereocenters. The minimum Gasteiger partial charge on any atom is -0.378 e. The fourth-order valence-electron chi connectivity index (χ4n) is 1.42. The van der Waals surface area contributed by atoms with Crippen LogP contribution >= 0.6 is 27.5 Å². The quantitative estimate of drug-likeness (QED) is 0.876. The van der Waals surface area contributed by atoms with Crippen molar-refractivity contribution in [2.24, 2.45) is 0 Å². The van der Waals surface area contributed by atoms with Crippen LogP contribution in [-0.4, -0.2) is 9.97 Å². The number of halogens is 2. The fourth-order valence-corrected chi connectivity index (χ4v) is 1.92. The molecule has 2 heterocycles. The second kappa shape index (κ2) is 5.47. The van der Waals surface area contributed by atoms with Crippen LogP contribution in [0, 0.1) is 6.92 Å². The van der Waals surface area contributed by atoms with Crippen molar-refractivity contribution in [3.8, 4) is 0 Å². The minimum absolute atomic E-state index is 0.467. The molecule has 0 spiro atoms. The number of rotatable bonds is 3. The number of pyridine rings is 2. The predicted octanol–water partition coefficient (Wildman–Crippen LogP) is 3.81. The lowest BCUT2D eigenvalue weighted by Crippen LogP contribution is -2.02. The average Bonchev–Trinajstić information content (AvgIpc) is 2.32. The van der Waals surface area contributed by atoms with E-state index in [-0.39, 0.29) is 0 Å². The number of nitrogens with one attached hydrogen (secondary N) is 1. The highest BCUT2D eigenvalue weighted by atomic mass is 79.9. The summed E-state index contributed by atoms with van der Waals surface area (Å²) in [5.74, 6) is 0. The van der Waals surface area contributed by atoms with Crippen molar-refractivity contribution < 1.29 is 0 Å². The molecule has 17 heavy (non-hydrogen) atoms. The van der Waals surface area contributed by atoms with Crippen molar-refractivity contribution in [3.63, 3.8) is 0 Å². The maximum atomic E-state index is 5.99. The van der Waals surface area contributed by atoms with Gasteiger partial charge in [-0.05, 0) is 46.1 Å². The van der Waals surface area contributed by atoms with E-state index in [9.17, 15) is 0 Å². The topological polar surface area (TPSA) is 37.8 Å². The van der Waals surface area contributed by atoms with E-state index in [1.54, 1.807) is 12.4 Å². The Kier molecular flexibility index (Phi) is 3.97. The van der Waals surface area contributed by atoms with E-state index < -0.39 is 0 Å². The molecular weight excluding hydrogens is 302 g/mol. The van der Waals surface area contributed by atoms with Crippen LogP contribution in [0.3, 0.4) is 0 Å². The van der Waals surface area contributed by atoms with Gasteiger partial charge < -0.3 is 5.32 Å². The predicted molar refractivity (Wildman–Crippen MR) is 73.2 cm³/mol. The Morgan fingerprint density at radius 1 is 1.41 bits per heavy atom. The molecule has 0 aliphatic heterocycles. The van der Waals surface area contributed by atoms with E-state index in [0.717, 1.165) is 15.7 Å². The lowest BCUT2D eigenvalue weighted by molar-refractivity contribution is 1.08. The second-order valence-electron chi connectivity index (χ2n) is 3.65. The average molecular weight is 313 g/mol. The zero-order valence-electron chi connectivity index (χ0n) is 9.24. The highest BCUT2D eigenvalue weighted by molar-refractivity contribution is 9.10. The van der Waals surface area contributed by atoms with Crippen LogP contribution in [0.1, 0.15) is 11.1 Å². The molecule has 0 amide bonds. The van der Waals surface area contributed by atoms with Crippen LogP contribution < -0.4 is 5.32 Å². The molecule has 0 saturated carbocycles. The maximum Gasteiger partial charge on any atom is 0.152 e. The number of aromatic nitrogens is 2. The molecule has 2 rings (SSSR count). The van der Waals surface area contributed by atoms with Gasteiger partial charge in [0.25, 0.3) is 0 Å². The lowest BCUT2D eigenvalue weighted by Gasteiger charge is -2.09. The molecule has 3 nitrogen and oxygen atoms in total. The lowest BCUT2D eigenvalue weighted by atomic mass is 10.1. The van der Waals surface area contributed by atoms with Crippen molar-refractivity contribution in [1.82, 2.24) is 9.97 Å². The number of hydrogen-bond acceptors (Lipinski definition) is 3. The second-order valence-corrected chi connectivity index (χ2v) is 4.92. The third-order valence-corrected chi connectivity index (χ3v) is 3.16. The van der Waals surface area contributed by atoms with Gasteiger partial charge in [-0.25, -0.2) is 4.98 Å². The van der Waals surface area contributed by atoms with E-state index in [4.69, 9.17) is 11.6 Å². The van der Waals surface area contributed by atoms with Crippen LogP contribution in [-0.2, 0) is 6.54 Å². The first-order chi connectivity index (χ1) is 8.16. The van der Waals surface area contributed by atoms with Gasteiger partial charge >= 0.3 is 0 Å². The summed E-state index contributed by atoms with van der Waals surface area (Å²) < 4.78 is 0.896. The highest BCUT2D eigenvalue weighted by Crippen LogP contribution is 2.23. The summed E-state index contributed by atoms with van der Waals surface area (Å²) >= 11 is 9.36. The number of hydrogen-bond donors (Lipinski definition) is 1. The number of aryl methyl sites for hydroxylation is 1. The van der Waals surface area contributed by atoms with Crippen LogP contribution in [0.15, 0.2) is 35.2 Å². The third kappa shape index (κ3) is 3.17. The summed E-state index contributed by atoms with van der Waals surface area (Å²) in [6.07, 6.45) is 5.30. The van der Waals surface area contributed by atoms with Crippen LogP contribution in [0.2, 0.25) is 5.15 Å². The highest BCUT2D eigenvalue weighted by Gasteiger charge is 2.03. The zero-order chi connectivity index (χ0) is 12.3. The molecule has 2 aromatic rings. The Morgan fingerprint density at radius 2 is 2.24 bits per heavy atom. The normalized spacial score (nSPS) is 10.3. The van der Waals surface area contributed by atoms with Gasteiger partial charge in [-0.2, -0.15) is 0 Å². The smallest absolute Gasteiger partial charge is 0.152 e. The van der Waals surface area contributed by atoms with Gasteiger partial charge in [0.1, 0.15) is 0 Å². The molecule has 0 radical (unpaired) electrons. The SMILES string of the molecule is Cc1ccncc1CNc1cc(Br)cnc1Cl. The van der Waals surface area contributed by atoms with Gasteiger partial charge in [0.05, 0.1) is 5.69 Å². The molecular formula is C12H11BrClN3. The van der Waals surface area contributed by atoms with Crippen molar-refractivity contribution in [2.75, 3.05) is 5.32 Å². The van der Waals surface area contributed by atoms with E-state index in [0.29, 0.717) is 11.7 Å². The monoisotopic (exact) mass is 311 g/mol.